The Labute approximate surface area is 172 Å². The summed E-state index contributed by atoms with van der Waals surface area (Å²) in [7, 11) is 0. The van der Waals surface area contributed by atoms with E-state index in [1.807, 2.05) is 12.1 Å². The number of carbonyl (C=O) groups excluding carboxylic acids is 2. The predicted molar refractivity (Wildman–Crippen MR) is 107 cm³/mol. The Morgan fingerprint density at radius 2 is 1.93 bits per heavy atom. The lowest BCUT2D eigenvalue weighted by Gasteiger charge is -2.51. The number of hydrogen-bond acceptors (Lipinski definition) is 6. The summed E-state index contributed by atoms with van der Waals surface area (Å²) in [6.07, 6.45) is 5.17. The fraction of sp³-hybridized carbons (Fsp3) is 0.652. The van der Waals surface area contributed by atoms with Gasteiger partial charge >= 0.3 is 11.9 Å². The Morgan fingerprint density at radius 1 is 1.14 bits per heavy atom. The molecule has 0 saturated heterocycles. The van der Waals surface area contributed by atoms with E-state index in [1.54, 1.807) is 0 Å². The van der Waals surface area contributed by atoms with E-state index in [0.717, 1.165) is 32.1 Å². The summed E-state index contributed by atoms with van der Waals surface area (Å²) in [5.74, 6) is 7.22. The summed E-state index contributed by atoms with van der Waals surface area (Å²) >= 11 is 0. The smallest absolute Gasteiger partial charge is 0.308 e. The number of hydrogen-bond donors (Lipinski definition) is 1. The molecule has 2 unspecified atom stereocenters. The standard InChI is InChI=1S/C23H31NO5/c1-13(25)28-16-4-5-17-18-8-9-23(3)21(6-7-22(23)29-14(2)26)20(18)10-15(12-27-24)19(17)11-16/h4-5,11,15,18,20-22H,6-10,12,24H2,1-3H3/t15-,18?,20+,21-,22?,23-/m0/s1. The zero-order chi connectivity index (χ0) is 20.8. The Morgan fingerprint density at radius 3 is 2.62 bits per heavy atom. The van der Waals surface area contributed by atoms with Gasteiger partial charge in [-0.25, -0.2) is 5.90 Å². The van der Waals surface area contributed by atoms with Gasteiger partial charge in [0.25, 0.3) is 0 Å². The van der Waals surface area contributed by atoms with Crippen LogP contribution in [0.2, 0.25) is 0 Å². The van der Waals surface area contributed by atoms with Crippen LogP contribution < -0.4 is 10.6 Å². The molecular weight excluding hydrogens is 370 g/mol. The molecule has 0 radical (unpaired) electrons. The van der Waals surface area contributed by atoms with Crippen molar-refractivity contribution in [2.45, 2.75) is 70.8 Å². The molecule has 3 aliphatic rings. The lowest BCUT2D eigenvalue weighted by molar-refractivity contribution is -0.154. The molecule has 29 heavy (non-hydrogen) atoms. The van der Waals surface area contributed by atoms with Gasteiger partial charge in [0.15, 0.2) is 0 Å². The molecule has 1 aromatic rings. The maximum Gasteiger partial charge on any atom is 0.308 e. The van der Waals surface area contributed by atoms with Gasteiger partial charge in [-0.15, -0.1) is 0 Å². The van der Waals surface area contributed by atoms with E-state index in [9.17, 15) is 9.59 Å². The third-order valence-corrected chi connectivity index (χ3v) is 7.67. The molecule has 0 heterocycles. The molecule has 6 nitrogen and oxygen atoms in total. The highest BCUT2D eigenvalue weighted by Gasteiger charge is 2.57. The van der Waals surface area contributed by atoms with Crippen molar-refractivity contribution >= 4 is 11.9 Å². The molecule has 3 aliphatic carbocycles. The van der Waals surface area contributed by atoms with Crippen LogP contribution in [-0.2, 0) is 19.2 Å². The van der Waals surface area contributed by atoms with Crippen LogP contribution in [0.3, 0.4) is 0 Å². The second-order valence-electron chi connectivity index (χ2n) is 9.25. The minimum atomic E-state index is -0.318. The third-order valence-electron chi connectivity index (χ3n) is 7.67. The molecule has 0 amide bonds. The zero-order valence-corrected chi connectivity index (χ0v) is 17.5. The number of nitrogens with two attached hydrogens (primary N) is 1. The number of esters is 2. The van der Waals surface area contributed by atoms with Crippen LogP contribution in [0.15, 0.2) is 18.2 Å². The Hall–Kier alpha value is -1.92. The largest absolute Gasteiger partial charge is 0.462 e. The number of carbonyl (C=O) groups is 2. The van der Waals surface area contributed by atoms with E-state index >= 15 is 0 Å². The fourth-order valence-electron chi connectivity index (χ4n) is 6.55. The van der Waals surface area contributed by atoms with Gasteiger partial charge < -0.3 is 14.3 Å². The molecule has 2 N–H and O–H groups in total. The molecule has 0 spiro atoms. The minimum Gasteiger partial charge on any atom is -0.462 e. The molecular formula is C23H31NO5. The first kappa shape index (κ1) is 20.4. The Balaban J connectivity index is 1.66. The summed E-state index contributed by atoms with van der Waals surface area (Å²) in [5.41, 5.74) is 2.56. The van der Waals surface area contributed by atoms with Crippen molar-refractivity contribution in [2.24, 2.45) is 23.1 Å². The van der Waals surface area contributed by atoms with E-state index in [4.69, 9.17) is 20.2 Å². The van der Waals surface area contributed by atoms with Crippen LogP contribution in [0.1, 0.15) is 75.8 Å². The number of ether oxygens (including phenoxy) is 2. The van der Waals surface area contributed by atoms with Gasteiger partial charge in [0.05, 0.1) is 6.61 Å². The Bertz CT molecular complexity index is 808. The monoisotopic (exact) mass is 401 g/mol. The predicted octanol–water partition coefficient (Wildman–Crippen LogP) is 3.83. The van der Waals surface area contributed by atoms with Crippen LogP contribution in [-0.4, -0.2) is 24.6 Å². The summed E-state index contributed by atoms with van der Waals surface area (Å²) < 4.78 is 11.0. The first-order chi connectivity index (χ1) is 13.8. The number of rotatable bonds is 4. The summed E-state index contributed by atoms with van der Waals surface area (Å²) in [6.45, 7) is 5.67. The van der Waals surface area contributed by atoms with E-state index in [1.165, 1.54) is 25.0 Å². The molecule has 6 heteroatoms. The second-order valence-corrected chi connectivity index (χ2v) is 9.25. The molecule has 2 fully saturated rings. The SMILES string of the molecule is CC(=O)Oc1ccc2c(c1)[C@H](CON)C[C@@H]1C2CC[C@]2(C)C(OC(C)=O)CC[C@@H]12. The van der Waals surface area contributed by atoms with Gasteiger partial charge in [-0.05, 0) is 73.1 Å². The van der Waals surface area contributed by atoms with Crippen molar-refractivity contribution in [2.75, 3.05) is 6.61 Å². The van der Waals surface area contributed by atoms with E-state index in [0.29, 0.717) is 30.1 Å². The van der Waals surface area contributed by atoms with Crippen LogP contribution in [0, 0.1) is 17.3 Å². The van der Waals surface area contributed by atoms with Crippen molar-refractivity contribution in [1.82, 2.24) is 0 Å². The van der Waals surface area contributed by atoms with Gasteiger partial charge in [-0.2, -0.15) is 0 Å². The van der Waals surface area contributed by atoms with Gasteiger partial charge in [0.1, 0.15) is 11.9 Å². The van der Waals surface area contributed by atoms with Gasteiger partial charge in [-0.3, -0.25) is 9.59 Å². The highest BCUT2D eigenvalue weighted by Crippen LogP contribution is 2.63. The van der Waals surface area contributed by atoms with Crippen LogP contribution in [0.25, 0.3) is 0 Å². The van der Waals surface area contributed by atoms with Crippen molar-refractivity contribution in [3.63, 3.8) is 0 Å². The van der Waals surface area contributed by atoms with Crippen molar-refractivity contribution in [3.8, 4) is 5.75 Å². The topological polar surface area (TPSA) is 87.8 Å². The van der Waals surface area contributed by atoms with Crippen LogP contribution >= 0.6 is 0 Å². The first-order valence-electron chi connectivity index (χ1n) is 10.6. The van der Waals surface area contributed by atoms with Crippen molar-refractivity contribution in [3.05, 3.63) is 29.3 Å². The summed E-state index contributed by atoms with van der Waals surface area (Å²) in [5, 5.41) is 0. The maximum absolute atomic E-state index is 11.6. The van der Waals surface area contributed by atoms with Gasteiger partial charge in [0.2, 0.25) is 0 Å². The Kier molecular flexibility index (Phi) is 5.42. The minimum absolute atomic E-state index is 0.0166. The molecule has 0 bridgehead atoms. The third kappa shape index (κ3) is 3.57. The molecule has 1 aromatic carbocycles. The zero-order valence-electron chi connectivity index (χ0n) is 17.5. The molecule has 4 rings (SSSR count). The molecule has 2 saturated carbocycles. The normalized spacial score (nSPS) is 35.2. The van der Waals surface area contributed by atoms with Crippen molar-refractivity contribution < 1.29 is 23.9 Å². The van der Waals surface area contributed by atoms with Crippen LogP contribution in [0.4, 0.5) is 0 Å². The molecule has 6 atom stereocenters. The average Bonchev–Trinajstić information content (AvgIpc) is 2.98. The first-order valence-corrected chi connectivity index (χ1v) is 10.6. The summed E-state index contributed by atoms with van der Waals surface area (Å²) in [6, 6.07) is 6.00. The average molecular weight is 402 g/mol. The van der Waals surface area contributed by atoms with Gasteiger partial charge in [-0.1, -0.05) is 13.0 Å². The fourth-order valence-corrected chi connectivity index (χ4v) is 6.55. The highest BCUT2D eigenvalue weighted by molar-refractivity contribution is 5.69. The lowest BCUT2D eigenvalue weighted by Crippen LogP contribution is -2.46. The van der Waals surface area contributed by atoms with E-state index in [2.05, 4.69) is 13.0 Å². The molecule has 0 aromatic heterocycles. The number of benzene rings is 1. The van der Waals surface area contributed by atoms with E-state index < -0.39 is 0 Å². The molecule has 158 valence electrons. The highest BCUT2D eigenvalue weighted by atomic mass is 16.6. The van der Waals surface area contributed by atoms with E-state index in [-0.39, 0.29) is 29.4 Å². The summed E-state index contributed by atoms with van der Waals surface area (Å²) in [4.78, 5) is 28.1. The van der Waals surface area contributed by atoms with Gasteiger partial charge in [0, 0.05) is 25.2 Å². The maximum atomic E-state index is 11.6. The molecule has 0 aliphatic heterocycles. The quantitative estimate of drug-likeness (QED) is 0.469. The van der Waals surface area contributed by atoms with Crippen molar-refractivity contribution in [1.29, 1.82) is 0 Å². The lowest BCUT2D eigenvalue weighted by atomic mass is 9.54. The number of fused-ring (bicyclic) bond motifs is 5. The van der Waals surface area contributed by atoms with Crippen LogP contribution in [0.5, 0.6) is 5.75 Å². The second kappa shape index (κ2) is 7.73.